The monoisotopic (exact) mass is 212 g/mol. The minimum atomic E-state index is -0.0250. The molecular weight excluding hydrogens is 196 g/mol. The predicted molar refractivity (Wildman–Crippen MR) is 61.6 cm³/mol. The van der Waals surface area contributed by atoms with Crippen LogP contribution in [0.2, 0.25) is 0 Å². The van der Waals surface area contributed by atoms with Gasteiger partial charge in [-0.1, -0.05) is 0 Å². The zero-order chi connectivity index (χ0) is 10.8. The van der Waals surface area contributed by atoms with Crippen molar-refractivity contribution in [1.82, 2.24) is 10.4 Å². The van der Waals surface area contributed by atoms with Gasteiger partial charge in [-0.2, -0.15) is 5.10 Å². The first-order valence-corrected chi connectivity index (χ1v) is 5.29. The van der Waals surface area contributed by atoms with Gasteiger partial charge in [-0.3, -0.25) is 0 Å². The minimum Gasteiger partial charge on any atom is -0.375 e. The van der Waals surface area contributed by atoms with Gasteiger partial charge in [0.15, 0.2) is 5.13 Å². The standard InChI is InChI=1S/C9H16N4S/c1-6(12-13-9(2,3)4)7-5-14-8(10)11-7/h5,13H,1-4H3,(H2,10,11)/b12-6+. The molecule has 3 N–H and O–H groups in total. The molecule has 4 nitrogen and oxygen atoms in total. The van der Waals surface area contributed by atoms with Crippen LogP contribution in [0.15, 0.2) is 10.5 Å². The average Bonchev–Trinajstić information content (AvgIpc) is 2.46. The molecule has 0 aliphatic carbocycles. The van der Waals surface area contributed by atoms with E-state index in [1.165, 1.54) is 11.3 Å². The summed E-state index contributed by atoms with van der Waals surface area (Å²) in [4.78, 5) is 4.14. The lowest BCUT2D eigenvalue weighted by Crippen LogP contribution is -2.32. The number of aromatic nitrogens is 1. The largest absolute Gasteiger partial charge is 0.375 e. The Bertz CT molecular complexity index is 335. The summed E-state index contributed by atoms with van der Waals surface area (Å²) in [5.74, 6) is 0. The van der Waals surface area contributed by atoms with Crippen LogP contribution < -0.4 is 11.2 Å². The van der Waals surface area contributed by atoms with Crippen molar-refractivity contribution in [3.05, 3.63) is 11.1 Å². The molecular formula is C9H16N4S. The summed E-state index contributed by atoms with van der Waals surface area (Å²) in [7, 11) is 0. The molecule has 1 rings (SSSR count). The number of thiazole rings is 1. The summed E-state index contributed by atoms with van der Waals surface area (Å²) >= 11 is 1.42. The van der Waals surface area contributed by atoms with Gasteiger partial charge in [0.25, 0.3) is 0 Å². The maximum Gasteiger partial charge on any atom is 0.180 e. The fourth-order valence-corrected chi connectivity index (χ4v) is 1.37. The van der Waals surface area contributed by atoms with Crippen molar-refractivity contribution >= 4 is 22.2 Å². The molecule has 0 radical (unpaired) electrons. The summed E-state index contributed by atoms with van der Waals surface area (Å²) in [6.45, 7) is 8.07. The molecule has 78 valence electrons. The van der Waals surface area contributed by atoms with Gasteiger partial charge in [0, 0.05) is 10.9 Å². The van der Waals surface area contributed by atoms with E-state index in [0.29, 0.717) is 5.13 Å². The van der Waals surface area contributed by atoms with E-state index in [2.05, 4.69) is 36.3 Å². The van der Waals surface area contributed by atoms with E-state index < -0.39 is 0 Å². The Morgan fingerprint density at radius 3 is 2.64 bits per heavy atom. The van der Waals surface area contributed by atoms with Gasteiger partial charge < -0.3 is 11.2 Å². The van der Waals surface area contributed by atoms with Gasteiger partial charge in [-0.05, 0) is 27.7 Å². The van der Waals surface area contributed by atoms with Crippen LogP contribution in [-0.2, 0) is 0 Å². The Balaban J connectivity index is 2.70. The molecule has 0 fully saturated rings. The summed E-state index contributed by atoms with van der Waals surface area (Å²) in [5, 5.41) is 6.71. The van der Waals surface area contributed by atoms with Crippen molar-refractivity contribution in [3.63, 3.8) is 0 Å². The van der Waals surface area contributed by atoms with Crippen LogP contribution in [-0.4, -0.2) is 16.2 Å². The summed E-state index contributed by atoms with van der Waals surface area (Å²) in [5.41, 5.74) is 10.2. The zero-order valence-electron chi connectivity index (χ0n) is 8.96. The van der Waals surface area contributed by atoms with Crippen molar-refractivity contribution in [2.75, 3.05) is 5.73 Å². The summed E-state index contributed by atoms with van der Waals surface area (Å²) in [6, 6.07) is 0. The molecule has 0 aliphatic rings. The van der Waals surface area contributed by atoms with Crippen molar-refractivity contribution in [2.45, 2.75) is 33.2 Å². The second-order valence-electron chi connectivity index (χ2n) is 4.13. The normalized spacial score (nSPS) is 13.0. The topological polar surface area (TPSA) is 63.3 Å². The number of nitrogens with two attached hydrogens (primary N) is 1. The van der Waals surface area contributed by atoms with Crippen molar-refractivity contribution in [2.24, 2.45) is 5.10 Å². The predicted octanol–water partition coefficient (Wildman–Crippen LogP) is 1.84. The highest BCUT2D eigenvalue weighted by Gasteiger charge is 2.08. The second-order valence-corrected chi connectivity index (χ2v) is 5.02. The Hall–Kier alpha value is -1.10. The zero-order valence-corrected chi connectivity index (χ0v) is 9.77. The molecule has 0 aromatic carbocycles. The van der Waals surface area contributed by atoms with E-state index in [-0.39, 0.29) is 5.54 Å². The Kier molecular flexibility index (Phi) is 3.10. The third-order valence-electron chi connectivity index (χ3n) is 1.45. The molecule has 0 amide bonds. The first kappa shape index (κ1) is 11.0. The fraction of sp³-hybridized carbons (Fsp3) is 0.556. The van der Waals surface area contributed by atoms with Gasteiger partial charge in [0.05, 0.1) is 11.4 Å². The molecule has 0 spiro atoms. The molecule has 0 atom stereocenters. The number of hydrazone groups is 1. The number of nitrogens with zero attached hydrogens (tertiary/aromatic N) is 2. The van der Waals surface area contributed by atoms with Crippen LogP contribution in [0.3, 0.4) is 0 Å². The first-order valence-electron chi connectivity index (χ1n) is 4.41. The van der Waals surface area contributed by atoms with Crippen LogP contribution in [0, 0.1) is 0 Å². The lowest BCUT2D eigenvalue weighted by atomic mass is 10.1. The van der Waals surface area contributed by atoms with E-state index in [4.69, 9.17) is 5.73 Å². The average molecular weight is 212 g/mol. The Morgan fingerprint density at radius 2 is 2.21 bits per heavy atom. The summed E-state index contributed by atoms with van der Waals surface area (Å²) < 4.78 is 0. The molecule has 5 heteroatoms. The number of hydrogen-bond donors (Lipinski definition) is 2. The molecule has 0 saturated carbocycles. The van der Waals surface area contributed by atoms with E-state index in [0.717, 1.165) is 11.4 Å². The quantitative estimate of drug-likeness (QED) is 0.581. The van der Waals surface area contributed by atoms with E-state index >= 15 is 0 Å². The number of hydrogen-bond acceptors (Lipinski definition) is 5. The number of rotatable bonds is 2. The highest BCUT2D eigenvalue weighted by Crippen LogP contribution is 2.11. The minimum absolute atomic E-state index is 0.0250. The van der Waals surface area contributed by atoms with Crippen LogP contribution in [0.4, 0.5) is 5.13 Å². The van der Waals surface area contributed by atoms with Crippen LogP contribution in [0.1, 0.15) is 33.4 Å². The molecule has 0 aliphatic heterocycles. The van der Waals surface area contributed by atoms with Crippen molar-refractivity contribution in [1.29, 1.82) is 0 Å². The molecule has 1 aromatic rings. The lowest BCUT2D eigenvalue weighted by Gasteiger charge is -2.17. The van der Waals surface area contributed by atoms with E-state index in [1.54, 1.807) is 0 Å². The Morgan fingerprint density at radius 1 is 1.57 bits per heavy atom. The van der Waals surface area contributed by atoms with E-state index in [9.17, 15) is 0 Å². The summed E-state index contributed by atoms with van der Waals surface area (Å²) in [6.07, 6.45) is 0. The Labute approximate surface area is 88.2 Å². The maximum atomic E-state index is 5.53. The molecule has 0 bridgehead atoms. The number of nitrogens with one attached hydrogen (secondary N) is 1. The highest BCUT2D eigenvalue weighted by atomic mass is 32.1. The van der Waals surface area contributed by atoms with Crippen LogP contribution >= 0.6 is 11.3 Å². The lowest BCUT2D eigenvalue weighted by molar-refractivity contribution is 0.441. The highest BCUT2D eigenvalue weighted by molar-refractivity contribution is 7.13. The second kappa shape index (κ2) is 3.96. The van der Waals surface area contributed by atoms with Gasteiger partial charge in [0.1, 0.15) is 0 Å². The van der Waals surface area contributed by atoms with Gasteiger partial charge in [-0.15, -0.1) is 11.3 Å². The van der Waals surface area contributed by atoms with Gasteiger partial charge in [0.2, 0.25) is 0 Å². The molecule has 0 unspecified atom stereocenters. The molecule has 1 heterocycles. The molecule has 0 saturated heterocycles. The number of anilines is 1. The molecule has 14 heavy (non-hydrogen) atoms. The third kappa shape index (κ3) is 3.33. The van der Waals surface area contributed by atoms with Gasteiger partial charge in [-0.25, -0.2) is 4.98 Å². The molecule has 1 aromatic heterocycles. The first-order chi connectivity index (χ1) is 6.38. The number of nitrogen functional groups attached to an aromatic ring is 1. The third-order valence-corrected chi connectivity index (χ3v) is 2.13. The van der Waals surface area contributed by atoms with E-state index in [1.807, 2.05) is 12.3 Å². The van der Waals surface area contributed by atoms with Crippen LogP contribution in [0.25, 0.3) is 0 Å². The maximum absolute atomic E-state index is 5.53. The van der Waals surface area contributed by atoms with Crippen LogP contribution in [0.5, 0.6) is 0 Å². The van der Waals surface area contributed by atoms with Crippen molar-refractivity contribution < 1.29 is 0 Å². The van der Waals surface area contributed by atoms with Gasteiger partial charge >= 0.3 is 0 Å². The smallest absolute Gasteiger partial charge is 0.180 e. The van der Waals surface area contributed by atoms with Crippen molar-refractivity contribution in [3.8, 4) is 0 Å². The SMILES string of the molecule is C/C(=N\NC(C)(C)C)c1csc(N)n1. The fourth-order valence-electron chi connectivity index (χ4n) is 0.763.